The number of fused-ring (bicyclic) bond motifs is 1. The third-order valence-corrected chi connectivity index (χ3v) is 4.50. The van der Waals surface area contributed by atoms with Gasteiger partial charge in [-0.3, -0.25) is 4.79 Å². The quantitative estimate of drug-likeness (QED) is 0.909. The summed E-state index contributed by atoms with van der Waals surface area (Å²) in [5.74, 6) is 1.37. The molecule has 5 heteroatoms. The number of nitrogens with one attached hydrogen (secondary N) is 1. The van der Waals surface area contributed by atoms with Gasteiger partial charge in [-0.25, -0.2) is 0 Å². The van der Waals surface area contributed by atoms with Crippen LogP contribution in [0.1, 0.15) is 18.4 Å². The predicted octanol–water partition coefficient (Wildman–Crippen LogP) is 3.19. The van der Waals surface area contributed by atoms with Gasteiger partial charge in [-0.1, -0.05) is 24.3 Å². The van der Waals surface area contributed by atoms with Crippen LogP contribution >= 0.6 is 0 Å². The lowest BCUT2D eigenvalue weighted by molar-refractivity contribution is -0.122. The third-order valence-electron chi connectivity index (χ3n) is 4.50. The molecule has 4 rings (SSSR count). The highest BCUT2D eigenvalue weighted by molar-refractivity contribution is 5.95. The molecular formula is C20H21NO4. The number of anilines is 1. The van der Waals surface area contributed by atoms with Crippen molar-refractivity contribution in [2.75, 3.05) is 18.5 Å². The molecule has 0 saturated carbocycles. The van der Waals surface area contributed by atoms with Crippen molar-refractivity contribution in [3.8, 4) is 11.5 Å². The van der Waals surface area contributed by atoms with E-state index < -0.39 is 6.10 Å². The van der Waals surface area contributed by atoms with Crippen molar-refractivity contribution in [2.45, 2.75) is 31.5 Å². The van der Waals surface area contributed by atoms with E-state index in [1.165, 1.54) is 0 Å². The van der Waals surface area contributed by atoms with Gasteiger partial charge >= 0.3 is 0 Å². The van der Waals surface area contributed by atoms with Crippen LogP contribution in [-0.2, 0) is 16.0 Å². The van der Waals surface area contributed by atoms with Crippen molar-refractivity contribution in [2.24, 2.45) is 0 Å². The van der Waals surface area contributed by atoms with E-state index in [1.54, 1.807) is 0 Å². The number of ether oxygens (including phenoxy) is 3. The summed E-state index contributed by atoms with van der Waals surface area (Å²) in [6, 6.07) is 15.2. The van der Waals surface area contributed by atoms with Gasteiger partial charge in [0.2, 0.25) is 0 Å². The van der Waals surface area contributed by atoms with Crippen molar-refractivity contribution >= 4 is 11.6 Å². The Hall–Kier alpha value is -2.53. The number of hydrogen-bond donors (Lipinski definition) is 1. The Balaban J connectivity index is 1.34. The molecule has 1 amide bonds. The Labute approximate surface area is 146 Å². The molecule has 130 valence electrons. The van der Waals surface area contributed by atoms with Gasteiger partial charge in [0, 0.05) is 24.8 Å². The van der Waals surface area contributed by atoms with Crippen LogP contribution in [0, 0.1) is 0 Å². The van der Waals surface area contributed by atoms with Gasteiger partial charge in [0.25, 0.3) is 5.91 Å². The molecule has 2 aromatic rings. The minimum absolute atomic E-state index is 0.146. The summed E-state index contributed by atoms with van der Waals surface area (Å²) in [6.45, 7) is 1.35. The summed E-state index contributed by atoms with van der Waals surface area (Å²) in [7, 11) is 0. The molecule has 25 heavy (non-hydrogen) atoms. The highest BCUT2D eigenvalue weighted by Crippen LogP contribution is 2.29. The smallest absolute Gasteiger partial charge is 0.265 e. The molecule has 0 aromatic heterocycles. The van der Waals surface area contributed by atoms with E-state index in [4.69, 9.17) is 14.2 Å². The van der Waals surface area contributed by atoms with Gasteiger partial charge in [-0.05, 0) is 36.6 Å². The van der Waals surface area contributed by atoms with Crippen molar-refractivity contribution in [3.63, 3.8) is 0 Å². The van der Waals surface area contributed by atoms with Crippen molar-refractivity contribution in [1.29, 1.82) is 0 Å². The summed E-state index contributed by atoms with van der Waals surface area (Å²) in [4.78, 5) is 12.5. The lowest BCUT2D eigenvalue weighted by atomic mass is 10.1. The Morgan fingerprint density at radius 3 is 2.96 bits per heavy atom. The molecule has 2 aliphatic rings. The molecule has 1 N–H and O–H groups in total. The zero-order chi connectivity index (χ0) is 17.1. The maximum absolute atomic E-state index is 12.5. The molecule has 2 aliphatic heterocycles. The topological polar surface area (TPSA) is 56.8 Å². The molecule has 5 nitrogen and oxygen atoms in total. The number of carbonyl (C=O) groups excluding carboxylic acids is 1. The van der Waals surface area contributed by atoms with Crippen molar-refractivity contribution in [3.05, 3.63) is 54.1 Å². The van der Waals surface area contributed by atoms with Gasteiger partial charge in [0.15, 0.2) is 6.10 Å². The summed E-state index contributed by atoms with van der Waals surface area (Å²) in [5.41, 5.74) is 1.77. The highest BCUT2D eigenvalue weighted by atomic mass is 16.5. The summed E-state index contributed by atoms with van der Waals surface area (Å²) >= 11 is 0. The van der Waals surface area contributed by atoms with Crippen LogP contribution in [0.4, 0.5) is 5.69 Å². The van der Waals surface area contributed by atoms with Gasteiger partial charge in [0.05, 0.1) is 6.10 Å². The summed E-state index contributed by atoms with van der Waals surface area (Å²) < 4.78 is 17.1. The lowest BCUT2D eigenvalue weighted by Gasteiger charge is -2.14. The fourth-order valence-corrected chi connectivity index (χ4v) is 3.18. The minimum atomic E-state index is -0.492. The van der Waals surface area contributed by atoms with Gasteiger partial charge in [0.1, 0.15) is 18.1 Å². The number of rotatable bonds is 5. The minimum Gasteiger partial charge on any atom is -0.491 e. The molecule has 0 radical (unpaired) electrons. The van der Waals surface area contributed by atoms with Crippen LogP contribution in [0.3, 0.4) is 0 Å². The number of amides is 1. The second kappa shape index (κ2) is 7.15. The Bertz CT molecular complexity index is 730. The normalized spacial score (nSPS) is 21.4. The lowest BCUT2D eigenvalue weighted by Crippen LogP contribution is -2.31. The maximum atomic E-state index is 12.5. The number of carbonyl (C=O) groups is 1. The SMILES string of the molecule is O=C(Nc1cccc(OC[C@H]2CCCO2)c1)[C@H]1Cc2ccccc2O1. The van der Waals surface area contributed by atoms with Crippen LogP contribution < -0.4 is 14.8 Å². The van der Waals surface area contributed by atoms with E-state index in [0.717, 1.165) is 36.5 Å². The number of benzene rings is 2. The molecule has 0 spiro atoms. The second-order valence-electron chi connectivity index (χ2n) is 6.38. The fourth-order valence-electron chi connectivity index (χ4n) is 3.18. The molecule has 2 atom stereocenters. The monoisotopic (exact) mass is 339 g/mol. The standard InChI is InChI=1S/C20H21NO4/c22-20(19-11-14-5-1-2-9-18(14)25-19)21-15-6-3-7-16(12-15)24-13-17-8-4-10-23-17/h1-3,5-7,9,12,17,19H,4,8,10-11,13H2,(H,21,22)/t17-,19-/m1/s1. The van der Waals surface area contributed by atoms with E-state index in [2.05, 4.69) is 5.32 Å². The van der Waals surface area contributed by atoms with E-state index in [1.807, 2.05) is 48.5 Å². The Morgan fingerprint density at radius 2 is 2.12 bits per heavy atom. The van der Waals surface area contributed by atoms with E-state index in [-0.39, 0.29) is 12.0 Å². The molecule has 1 fully saturated rings. The van der Waals surface area contributed by atoms with Crippen LogP contribution in [0.5, 0.6) is 11.5 Å². The van der Waals surface area contributed by atoms with E-state index in [9.17, 15) is 4.79 Å². The number of para-hydroxylation sites is 1. The van der Waals surface area contributed by atoms with Crippen molar-refractivity contribution < 1.29 is 19.0 Å². The zero-order valence-electron chi connectivity index (χ0n) is 13.9. The van der Waals surface area contributed by atoms with E-state index in [0.29, 0.717) is 18.7 Å². The first-order chi connectivity index (χ1) is 12.3. The highest BCUT2D eigenvalue weighted by Gasteiger charge is 2.28. The average Bonchev–Trinajstić information content (AvgIpc) is 3.29. The average molecular weight is 339 g/mol. The molecule has 0 unspecified atom stereocenters. The van der Waals surface area contributed by atoms with E-state index >= 15 is 0 Å². The van der Waals surface area contributed by atoms with Crippen LogP contribution in [0.2, 0.25) is 0 Å². The Kier molecular flexibility index (Phi) is 4.57. The maximum Gasteiger partial charge on any atom is 0.265 e. The zero-order valence-corrected chi connectivity index (χ0v) is 13.9. The fraction of sp³-hybridized carbons (Fsp3) is 0.350. The molecule has 2 heterocycles. The van der Waals surface area contributed by atoms with Gasteiger partial charge < -0.3 is 19.5 Å². The van der Waals surface area contributed by atoms with Gasteiger partial charge in [-0.2, -0.15) is 0 Å². The second-order valence-corrected chi connectivity index (χ2v) is 6.38. The van der Waals surface area contributed by atoms with Crippen LogP contribution in [-0.4, -0.2) is 31.3 Å². The number of hydrogen-bond acceptors (Lipinski definition) is 4. The first kappa shape index (κ1) is 16.0. The van der Waals surface area contributed by atoms with Crippen LogP contribution in [0.15, 0.2) is 48.5 Å². The van der Waals surface area contributed by atoms with Gasteiger partial charge in [-0.15, -0.1) is 0 Å². The molecule has 2 aromatic carbocycles. The molecule has 0 aliphatic carbocycles. The molecule has 1 saturated heterocycles. The van der Waals surface area contributed by atoms with Crippen molar-refractivity contribution in [1.82, 2.24) is 0 Å². The predicted molar refractivity (Wildman–Crippen MR) is 94.1 cm³/mol. The van der Waals surface area contributed by atoms with Crippen LogP contribution in [0.25, 0.3) is 0 Å². The Morgan fingerprint density at radius 1 is 1.20 bits per heavy atom. The summed E-state index contributed by atoms with van der Waals surface area (Å²) in [6.07, 6.45) is 2.40. The molecular weight excluding hydrogens is 318 g/mol. The first-order valence-electron chi connectivity index (χ1n) is 8.68. The molecule has 0 bridgehead atoms. The third kappa shape index (κ3) is 3.77. The first-order valence-corrected chi connectivity index (χ1v) is 8.68. The largest absolute Gasteiger partial charge is 0.491 e. The summed E-state index contributed by atoms with van der Waals surface area (Å²) in [5, 5.41) is 2.91.